The van der Waals surface area contributed by atoms with Crippen molar-refractivity contribution >= 4 is 11.6 Å². The Hall–Kier alpha value is -0.546. The van der Waals surface area contributed by atoms with Crippen molar-refractivity contribution in [2.75, 3.05) is 4.90 Å². The fraction of sp³-hybridized carbons (Fsp3) is 0.545. The number of hydrogen-bond donors (Lipinski definition) is 2. The number of carbonyl (C=O) groups excluding carboxylic acids is 1. The zero-order valence-electron chi connectivity index (χ0n) is 16.4. The molecule has 1 radical (unpaired) electrons. The molecule has 3 unspecified atom stereocenters. The number of anilines is 1. The molecule has 0 bridgehead atoms. The van der Waals surface area contributed by atoms with Crippen LogP contribution in [-0.4, -0.2) is 28.3 Å². The average molecular weight is 447 g/mol. The van der Waals surface area contributed by atoms with Crippen LogP contribution in [-0.2, 0) is 37.5 Å². The molecule has 0 aromatic heterocycles. The number of aliphatic hydroxyl groups excluding tert-OH is 2. The first-order valence-electron chi connectivity index (χ1n) is 9.80. The Morgan fingerprint density at radius 1 is 1.26 bits per heavy atom. The molecule has 0 spiro atoms. The molecule has 2 rings (SSSR count). The maximum atomic E-state index is 12.4. The summed E-state index contributed by atoms with van der Waals surface area (Å²) in [6.07, 6.45) is 9.54. The van der Waals surface area contributed by atoms with E-state index in [1.54, 1.807) is 4.90 Å². The second kappa shape index (κ2) is 12.8. The summed E-state index contributed by atoms with van der Waals surface area (Å²) >= 11 is 0. The Morgan fingerprint density at radius 3 is 2.59 bits per heavy atom. The molecular weight excluding hydrogens is 415 g/mol. The Bertz CT molecular complexity index is 588. The van der Waals surface area contributed by atoms with E-state index in [2.05, 4.69) is 19.9 Å². The van der Waals surface area contributed by atoms with Crippen molar-refractivity contribution in [3.8, 4) is 0 Å². The van der Waals surface area contributed by atoms with Gasteiger partial charge in [-0.05, 0) is 30.5 Å². The van der Waals surface area contributed by atoms with Crippen molar-refractivity contribution in [1.82, 2.24) is 0 Å². The van der Waals surface area contributed by atoms with Crippen LogP contribution in [0.25, 0.3) is 0 Å². The molecular formula is C22H32NO3Y-. The van der Waals surface area contributed by atoms with Crippen molar-refractivity contribution in [2.24, 2.45) is 0 Å². The molecule has 1 amide bonds. The third-order valence-corrected chi connectivity index (χ3v) is 4.98. The zero-order valence-corrected chi connectivity index (χ0v) is 19.2. The van der Waals surface area contributed by atoms with Gasteiger partial charge in [-0.3, -0.25) is 4.79 Å². The van der Waals surface area contributed by atoms with Crippen molar-refractivity contribution in [3.63, 3.8) is 0 Å². The summed E-state index contributed by atoms with van der Waals surface area (Å²) in [4.78, 5) is 14.1. The van der Waals surface area contributed by atoms with Crippen LogP contribution in [0.15, 0.2) is 36.4 Å². The van der Waals surface area contributed by atoms with E-state index < -0.39 is 12.2 Å². The molecule has 27 heavy (non-hydrogen) atoms. The molecule has 2 N–H and O–H groups in total. The van der Waals surface area contributed by atoms with Gasteiger partial charge < -0.3 is 22.0 Å². The van der Waals surface area contributed by atoms with Crippen LogP contribution in [0.2, 0.25) is 0 Å². The summed E-state index contributed by atoms with van der Waals surface area (Å²) in [6.45, 7) is 5.95. The van der Waals surface area contributed by atoms with Gasteiger partial charge in [0.25, 0.3) is 0 Å². The Labute approximate surface area is 188 Å². The molecule has 1 heterocycles. The molecule has 147 valence electrons. The second-order valence-electron chi connectivity index (χ2n) is 7.06. The smallest absolute Gasteiger partial charge is 0.230 e. The van der Waals surface area contributed by atoms with Crippen molar-refractivity contribution in [2.45, 2.75) is 76.5 Å². The fourth-order valence-corrected chi connectivity index (χ4v) is 3.45. The molecule has 4 nitrogen and oxygen atoms in total. The van der Waals surface area contributed by atoms with E-state index in [1.807, 2.05) is 30.3 Å². The van der Waals surface area contributed by atoms with E-state index in [9.17, 15) is 15.0 Å². The third-order valence-electron chi connectivity index (χ3n) is 4.98. The molecule has 1 aliphatic heterocycles. The minimum absolute atomic E-state index is 0. The largest absolute Gasteiger partial charge is 0.390 e. The number of unbranched alkanes of at least 4 members (excludes halogenated alkanes) is 3. The first-order valence-corrected chi connectivity index (χ1v) is 9.80. The van der Waals surface area contributed by atoms with Crippen LogP contribution in [0, 0.1) is 6.92 Å². The number of rotatable bonds is 10. The van der Waals surface area contributed by atoms with Crippen LogP contribution in [0.3, 0.4) is 0 Å². The van der Waals surface area contributed by atoms with Gasteiger partial charge in [-0.1, -0.05) is 56.9 Å². The van der Waals surface area contributed by atoms with E-state index in [0.717, 1.165) is 49.8 Å². The van der Waals surface area contributed by atoms with E-state index in [0.29, 0.717) is 6.42 Å². The second-order valence-corrected chi connectivity index (χ2v) is 7.06. The molecule has 1 aromatic carbocycles. The first-order chi connectivity index (χ1) is 12.6. The average Bonchev–Trinajstić information content (AvgIpc) is 2.92. The summed E-state index contributed by atoms with van der Waals surface area (Å²) in [5, 5.41) is 20.5. The van der Waals surface area contributed by atoms with Crippen molar-refractivity contribution in [1.29, 1.82) is 0 Å². The van der Waals surface area contributed by atoms with Crippen LogP contribution in [0.1, 0.15) is 70.0 Å². The van der Waals surface area contributed by atoms with E-state index in [-0.39, 0.29) is 51.1 Å². The van der Waals surface area contributed by atoms with Crippen LogP contribution < -0.4 is 4.90 Å². The maximum absolute atomic E-state index is 12.4. The number of hydrogen-bond acceptors (Lipinski definition) is 3. The van der Waals surface area contributed by atoms with E-state index >= 15 is 0 Å². The van der Waals surface area contributed by atoms with Crippen LogP contribution in [0.4, 0.5) is 5.69 Å². The summed E-state index contributed by atoms with van der Waals surface area (Å²) in [7, 11) is 0. The molecule has 1 aromatic rings. The summed E-state index contributed by atoms with van der Waals surface area (Å²) in [5.74, 6) is -0.0516. The zero-order chi connectivity index (χ0) is 18.9. The van der Waals surface area contributed by atoms with Crippen LogP contribution >= 0.6 is 0 Å². The topological polar surface area (TPSA) is 60.8 Å². The van der Waals surface area contributed by atoms with Gasteiger partial charge in [0.05, 0.1) is 24.7 Å². The minimum atomic E-state index is -0.647. The maximum Gasteiger partial charge on any atom is 0.230 e. The predicted molar refractivity (Wildman–Crippen MR) is 106 cm³/mol. The molecule has 1 saturated heterocycles. The van der Waals surface area contributed by atoms with Gasteiger partial charge in [-0.15, -0.1) is 0 Å². The predicted octanol–water partition coefficient (Wildman–Crippen LogP) is 4.32. The fourth-order valence-electron chi connectivity index (χ4n) is 3.45. The number of benzene rings is 1. The van der Waals surface area contributed by atoms with Gasteiger partial charge in [0, 0.05) is 38.4 Å². The number of carbonyl (C=O) groups is 1. The van der Waals surface area contributed by atoms with Gasteiger partial charge in [-0.2, -0.15) is 6.42 Å². The summed E-state index contributed by atoms with van der Waals surface area (Å²) < 4.78 is 0. The number of aliphatic hydroxyl groups is 2. The minimum Gasteiger partial charge on any atom is -0.390 e. The molecule has 1 aliphatic rings. The molecule has 3 atom stereocenters. The number of allylic oxidation sites excluding steroid dienone is 1. The van der Waals surface area contributed by atoms with Crippen molar-refractivity contribution < 1.29 is 47.7 Å². The van der Waals surface area contributed by atoms with Gasteiger partial charge in [0.2, 0.25) is 5.91 Å². The Morgan fingerprint density at radius 2 is 1.96 bits per heavy atom. The van der Waals surface area contributed by atoms with Crippen molar-refractivity contribution in [3.05, 3.63) is 48.9 Å². The summed E-state index contributed by atoms with van der Waals surface area (Å²) in [5.41, 5.74) is 1.66. The summed E-state index contributed by atoms with van der Waals surface area (Å²) in [6, 6.07) is 7.30. The SMILES string of the molecule is [CH2-]CC/C=C\CC1C(O)CC(=O)N1c1ccc(C(O)CCCCC)cc1.[Y]. The van der Waals surface area contributed by atoms with Crippen LogP contribution in [0.5, 0.6) is 0 Å². The Kier molecular flexibility index (Phi) is 11.6. The van der Waals surface area contributed by atoms with Gasteiger partial charge in [0.15, 0.2) is 0 Å². The molecule has 5 heteroatoms. The Balaban J connectivity index is 0.00000364. The van der Waals surface area contributed by atoms with E-state index in [1.165, 1.54) is 0 Å². The number of amides is 1. The molecule has 0 saturated carbocycles. The van der Waals surface area contributed by atoms with E-state index in [4.69, 9.17) is 0 Å². The molecule has 1 fully saturated rings. The quantitative estimate of drug-likeness (QED) is 0.319. The van der Waals surface area contributed by atoms with Gasteiger partial charge >= 0.3 is 0 Å². The van der Waals surface area contributed by atoms with Gasteiger partial charge in [-0.25, -0.2) is 0 Å². The molecule has 0 aliphatic carbocycles. The van der Waals surface area contributed by atoms with Gasteiger partial charge in [0.1, 0.15) is 0 Å². The standard InChI is InChI=1S/C22H32NO3.Y/c1-3-5-7-9-10-19-21(25)16-22(26)23(19)18-14-12-17(13-15-18)20(24)11-8-6-4-2;/h7,9,12-15,19-21,24-25H,1,3-6,8,10-11,16H2,2H3;/q-1;/b9-7-;. The number of nitrogens with zero attached hydrogens (tertiary/aromatic N) is 1. The third kappa shape index (κ3) is 7.09. The monoisotopic (exact) mass is 447 g/mol. The normalized spacial score (nSPS) is 20.9. The first kappa shape index (κ1) is 24.5.